The Labute approximate surface area is 114 Å². The molecule has 81 valence electrons. The summed E-state index contributed by atoms with van der Waals surface area (Å²) in [6.07, 6.45) is 0. The van der Waals surface area contributed by atoms with Crippen molar-refractivity contribution in [3.63, 3.8) is 0 Å². The number of carboxylic acid groups (broad SMARTS) is 1. The van der Waals surface area contributed by atoms with Gasteiger partial charge in [-0.1, -0.05) is 6.07 Å². The number of carbonyl (C=O) groups is 1. The Morgan fingerprint density at radius 3 is 2.56 bits per heavy atom. The summed E-state index contributed by atoms with van der Waals surface area (Å²) in [7, 11) is 0. The summed E-state index contributed by atoms with van der Waals surface area (Å²) in [6.45, 7) is 2.31. The molecule has 0 bridgehead atoms. The second-order valence-electron chi connectivity index (χ2n) is 2.81. The van der Waals surface area contributed by atoms with Crippen molar-refractivity contribution in [3.05, 3.63) is 33.9 Å². The molecule has 0 unspecified atom stereocenters. The SMILES string of the molecule is CCNc1ccc(C(=O)[O-])cc1[N+](=O)[O-].[Na]. The average molecular weight is 232 g/mol. The second kappa shape index (κ2) is 6.47. The average Bonchev–Trinajstić information content (AvgIpc) is 2.18. The van der Waals surface area contributed by atoms with Gasteiger partial charge >= 0.3 is 0 Å². The van der Waals surface area contributed by atoms with Gasteiger partial charge < -0.3 is 15.2 Å². The van der Waals surface area contributed by atoms with Crippen LogP contribution in [-0.4, -0.2) is 47.0 Å². The summed E-state index contributed by atoms with van der Waals surface area (Å²) in [5, 5.41) is 23.9. The van der Waals surface area contributed by atoms with E-state index in [2.05, 4.69) is 5.32 Å². The molecule has 1 N–H and O–H groups in total. The number of nitro benzene ring substituents is 1. The number of rotatable bonds is 4. The van der Waals surface area contributed by atoms with Gasteiger partial charge in [-0.15, -0.1) is 0 Å². The zero-order valence-corrected chi connectivity index (χ0v) is 11.0. The fraction of sp³-hybridized carbons (Fsp3) is 0.222. The maximum Gasteiger partial charge on any atom is 0.292 e. The van der Waals surface area contributed by atoms with E-state index in [1.54, 1.807) is 6.92 Å². The quantitative estimate of drug-likeness (QED) is 0.448. The summed E-state index contributed by atoms with van der Waals surface area (Å²) >= 11 is 0. The number of nitrogens with one attached hydrogen (secondary N) is 1. The van der Waals surface area contributed by atoms with E-state index in [1.165, 1.54) is 12.1 Å². The summed E-state index contributed by atoms with van der Waals surface area (Å²) in [4.78, 5) is 20.5. The van der Waals surface area contributed by atoms with Crippen LogP contribution in [0.4, 0.5) is 11.4 Å². The zero-order valence-electron chi connectivity index (χ0n) is 9.02. The fourth-order valence-electron chi connectivity index (χ4n) is 1.15. The first-order valence-electron chi connectivity index (χ1n) is 4.30. The molecule has 0 heterocycles. The van der Waals surface area contributed by atoms with E-state index in [-0.39, 0.29) is 40.8 Å². The van der Waals surface area contributed by atoms with E-state index < -0.39 is 10.9 Å². The molecule has 0 fully saturated rings. The van der Waals surface area contributed by atoms with E-state index >= 15 is 0 Å². The number of aromatic carboxylic acids is 1. The van der Waals surface area contributed by atoms with Gasteiger partial charge in [0.2, 0.25) is 0 Å². The molecule has 1 radical (unpaired) electrons. The third-order valence-electron chi connectivity index (χ3n) is 1.80. The van der Waals surface area contributed by atoms with Crippen LogP contribution in [0.25, 0.3) is 0 Å². The minimum absolute atomic E-state index is 0. The van der Waals surface area contributed by atoms with E-state index in [9.17, 15) is 20.0 Å². The van der Waals surface area contributed by atoms with Crippen molar-refractivity contribution in [3.8, 4) is 0 Å². The number of nitrogens with zero attached hydrogens (tertiary/aromatic N) is 1. The number of hydrogen-bond donors (Lipinski definition) is 1. The van der Waals surface area contributed by atoms with Gasteiger partial charge in [0.1, 0.15) is 5.69 Å². The Hall–Kier alpha value is -1.11. The maximum absolute atomic E-state index is 10.6. The van der Waals surface area contributed by atoms with Crippen LogP contribution >= 0.6 is 0 Å². The van der Waals surface area contributed by atoms with Crippen LogP contribution in [0.3, 0.4) is 0 Å². The van der Waals surface area contributed by atoms with E-state index in [1.807, 2.05) is 0 Å². The smallest absolute Gasteiger partial charge is 0.292 e. The molecule has 1 rings (SSSR count). The third kappa shape index (κ3) is 3.48. The molecule has 0 atom stereocenters. The Morgan fingerprint density at radius 2 is 2.12 bits per heavy atom. The van der Waals surface area contributed by atoms with Crippen LogP contribution in [0.2, 0.25) is 0 Å². The second-order valence-corrected chi connectivity index (χ2v) is 2.81. The van der Waals surface area contributed by atoms with Crippen molar-refractivity contribution in [2.24, 2.45) is 0 Å². The van der Waals surface area contributed by atoms with Crippen molar-refractivity contribution < 1.29 is 14.8 Å². The molecule has 0 spiro atoms. The van der Waals surface area contributed by atoms with Crippen molar-refractivity contribution in [1.29, 1.82) is 0 Å². The van der Waals surface area contributed by atoms with Gasteiger partial charge in [0, 0.05) is 47.7 Å². The molecule has 0 aliphatic rings. The molecule has 1 aromatic carbocycles. The monoisotopic (exact) mass is 232 g/mol. The van der Waals surface area contributed by atoms with Crippen LogP contribution in [0.5, 0.6) is 0 Å². The maximum atomic E-state index is 10.6. The largest absolute Gasteiger partial charge is 0.545 e. The topological polar surface area (TPSA) is 95.3 Å². The number of benzene rings is 1. The molecule has 1 aromatic rings. The first-order chi connectivity index (χ1) is 7.06. The first-order valence-corrected chi connectivity index (χ1v) is 4.30. The van der Waals surface area contributed by atoms with Gasteiger partial charge in [0.05, 0.1) is 10.9 Å². The molecule has 6 nitrogen and oxygen atoms in total. The Morgan fingerprint density at radius 1 is 1.50 bits per heavy atom. The van der Waals surface area contributed by atoms with Crippen molar-refractivity contribution >= 4 is 46.9 Å². The molecule has 0 aromatic heterocycles. The van der Waals surface area contributed by atoms with E-state index in [0.717, 1.165) is 6.07 Å². The Balaban J connectivity index is 0.00000225. The Bertz CT molecular complexity index is 408. The van der Waals surface area contributed by atoms with Gasteiger partial charge in [0.15, 0.2) is 0 Å². The first kappa shape index (κ1) is 14.9. The molecular formula is C9H9N2NaO4-. The van der Waals surface area contributed by atoms with Crippen molar-refractivity contribution in [1.82, 2.24) is 0 Å². The van der Waals surface area contributed by atoms with E-state index in [4.69, 9.17) is 0 Å². The predicted molar refractivity (Wildman–Crippen MR) is 57.3 cm³/mol. The molecule has 0 saturated heterocycles. The Kier molecular flexibility index (Phi) is 6.02. The van der Waals surface area contributed by atoms with Crippen LogP contribution in [0, 0.1) is 10.1 Å². The minimum Gasteiger partial charge on any atom is -0.545 e. The summed E-state index contributed by atoms with van der Waals surface area (Å²) in [5.74, 6) is -1.43. The fourth-order valence-corrected chi connectivity index (χ4v) is 1.15. The standard InChI is InChI=1S/C9H10N2O4.Na/c1-2-10-7-4-3-6(9(12)13)5-8(7)11(14)15;/h3-5,10H,2H2,1H3,(H,12,13);/p-1. The van der Waals surface area contributed by atoms with Gasteiger partial charge in [-0.2, -0.15) is 0 Å². The van der Waals surface area contributed by atoms with Crippen LogP contribution in [0.1, 0.15) is 17.3 Å². The molecule has 0 aliphatic heterocycles. The van der Waals surface area contributed by atoms with Crippen LogP contribution in [0.15, 0.2) is 18.2 Å². The van der Waals surface area contributed by atoms with Crippen molar-refractivity contribution in [2.75, 3.05) is 11.9 Å². The molecule has 0 saturated carbocycles. The number of anilines is 1. The summed E-state index contributed by atoms with van der Waals surface area (Å²) in [6, 6.07) is 3.60. The predicted octanol–water partition coefficient (Wildman–Crippen LogP) is 0.00930. The number of hydrogen-bond acceptors (Lipinski definition) is 5. The van der Waals surface area contributed by atoms with Gasteiger partial charge in [-0.05, 0) is 13.0 Å². The molecular weight excluding hydrogens is 223 g/mol. The molecule has 16 heavy (non-hydrogen) atoms. The summed E-state index contributed by atoms with van der Waals surface area (Å²) in [5.41, 5.74) is -0.172. The van der Waals surface area contributed by atoms with Gasteiger partial charge in [-0.25, -0.2) is 0 Å². The van der Waals surface area contributed by atoms with Gasteiger partial charge in [-0.3, -0.25) is 10.1 Å². The number of nitro groups is 1. The molecule has 0 aliphatic carbocycles. The van der Waals surface area contributed by atoms with Gasteiger partial charge in [0.25, 0.3) is 5.69 Å². The van der Waals surface area contributed by atoms with E-state index in [0.29, 0.717) is 12.2 Å². The van der Waals surface area contributed by atoms with Crippen LogP contribution in [-0.2, 0) is 0 Å². The minimum atomic E-state index is -1.43. The van der Waals surface area contributed by atoms with Crippen molar-refractivity contribution in [2.45, 2.75) is 6.92 Å². The normalized spacial score (nSPS) is 9.06. The number of carboxylic acids is 1. The molecule has 0 amide bonds. The molecule has 7 heteroatoms. The summed E-state index contributed by atoms with van der Waals surface area (Å²) < 4.78 is 0. The van der Waals surface area contributed by atoms with Crippen LogP contribution < -0.4 is 10.4 Å². The third-order valence-corrected chi connectivity index (χ3v) is 1.80. The number of carbonyl (C=O) groups excluding carboxylic acids is 1. The zero-order chi connectivity index (χ0) is 11.4.